The minimum atomic E-state index is -0.167. The molecule has 0 aliphatic rings. The lowest BCUT2D eigenvalue weighted by molar-refractivity contribution is -0.116. The van der Waals surface area contributed by atoms with Crippen LogP contribution in [0.5, 0.6) is 5.75 Å². The van der Waals surface area contributed by atoms with Gasteiger partial charge in [-0.2, -0.15) is 0 Å². The van der Waals surface area contributed by atoms with E-state index in [1.165, 1.54) is 25.7 Å². The van der Waals surface area contributed by atoms with E-state index in [1.807, 2.05) is 31.2 Å². The number of ether oxygens (including phenoxy) is 1. The third kappa shape index (κ3) is 10.0. The lowest BCUT2D eigenvalue weighted by atomic mass is 10.2. The maximum Gasteiger partial charge on any atom is 0.243 e. The first-order chi connectivity index (χ1) is 15.1. The molecule has 2 amide bonds. The Morgan fingerprint density at radius 3 is 2.19 bits per heavy atom. The van der Waals surface area contributed by atoms with Crippen molar-refractivity contribution in [1.82, 2.24) is 0 Å². The molecule has 0 bridgehead atoms. The average molecular weight is 426 g/mol. The summed E-state index contributed by atoms with van der Waals surface area (Å²) >= 11 is 0. The lowest BCUT2D eigenvalue weighted by Gasteiger charge is -2.11. The molecular formula is C25H35N3O3. The van der Waals surface area contributed by atoms with Gasteiger partial charge in [0.2, 0.25) is 11.8 Å². The Hall–Kier alpha value is -3.02. The molecule has 168 valence electrons. The maximum atomic E-state index is 12.3. The van der Waals surface area contributed by atoms with Crippen molar-refractivity contribution in [2.75, 3.05) is 29.1 Å². The minimum absolute atomic E-state index is 0.0318. The van der Waals surface area contributed by atoms with Crippen LogP contribution in [-0.2, 0) is 9.59 Å². The molecule has 0 heterocycles. The van der Waals surface area contributed by atoms with Crippen LogP contribution in [0.15, 0.2) is 48.5 Å². The third-order valence-electron chi connectivity index (χ3n) is 4.71. The van der Waals surface area contributed by atoms with Crippen LogP contribution in [0.1, 0.15) is 58.8 Å². The van der Waals surface area contributed by atoms with Gasteiger partial charge in [0.15, 0.2) is 0 Å². The molecule has 0 aliphatic heterocycles. The van der Waals surface area contributed by atoms with Crippen molar-refractivity contribution in [3.05, 3.63) is 48.5 Å². The van der Waals surface area contributed by atoms with Gasteiger partial charge in [0.05, 0.1) is 13.2 Å². The van der Waals surface area contributed by atoms with Crippen molar-refractivity contribution >= 4 is 28.9 Å². The SMILES string of the molecule is CCCCCCCOc1cccc(NCC(=O)Nc2cccc(NC(=O)CCC)c2)c1. The van der Waals surface area contributed by atoms with E-state index in [2.05, 4.69) is 22.9 Å². The number of hydrogen-bond acceptors (Lipinski definition) is 4. The molecule has 0 radical (unpaired) electrons. The molecule has 2 aromatic rings. The Morgan fingerprint density at radius 2 is 1.45 bits per heavy atom. The summed E-state index contributed by atoms with van der Waals surface area (Å²) in [5.41, 5.74) is 2.14. The Balaban J connectivity index is 1.76. The molecule has 0 fully saturated rings. The van der Waals surface area contributed by atoms with Gasteiger partial charge in [-0.1, -0.05) is 51.7 Å². The fourth-order valence-electron chi connectivity index (χ4n) is 3.10. The second-order valence-electron chi connectivity index (χ2n) is 7.57. The van der Waals surface area contributed by atoms with Gasteiger partial charge >= 0.3 is 0 Å². The molecule has 0 spiro atoms. The standard InChI is InChI=1S/C25H35N3O3/c1-3-5-6-7-8-16-31-23-15-10-12-20(18-23)26-19-25(30)28-22-14-9-13-21(17-22)27-24(29)11-4-2/h9-10,12-15,17-18,26H,3-8,11,16,19H2,1-2H3,(H,27,29)(H,28,30). The number of amides is 2. The quantitative estimate of drug-likeness (QED) is 0.333. The highest BCUT2D eigenvalue weighted by Gasteiger charge is 2.06. The summed E-state index contributed by atoms with van der Waals surface area (Å²) < 4.78 is 5.82. The van der Waals surface area contributed by atoms with Gasteiger partial charge in [-0.25, -0.2) is 0 Å². The van der Waals surface area contributed by atoms with Gasteiger partial charge in [0.1, 0.15) is 5.75 Å². The van der Waals surface area contributed by atoms with E-state index in [-0.39, 0.29) is 18.4 Å². The van der Waals surface area contributed by atoms with Crippen LogP contribution < -0.4 is 20.7 Å². The largest absolute Gasteiger partial charge is 0.494 e. The second-order valence-corrected chi connectivity index (χ2v) is 7.57. The first kappa shape index (κ1) is 24.3. The third-order valence-corrected chi connectivity index (χ3v) is 4.71. The van der Waals surface area contributed by atoms with Crippen molar-refractivity contribution in [3.63, 3.8) is 0 Å². The number of carbonyl (C=O) groups excluding carboxylic acids is 2. The Bertz CT molecular complexity index is 823. The number of unbranched alkanes of at least 4 members (excludes halogenated alkanes) is 4. The zero-order chi connectivity index (χ0) is 22.3. The van der Waals surface area contributed by atoms with Gasteiger partial charge in [-0.3, -0.25) is 9.59 Å². The molecule has 0 atom stereocenters. The van der Waals surface area contributed by atoms with E-state index >= 15 is 0 Å². The van der Waals surface area contributed by atoms with E-state index in [4.69, 9.17) is 4.74 Å². The number of anilines is 3. The van der Waals surface area contributed by atoms with Crippen LogP contribution in [0.3, 0.4) is 0 Å². The van der Waals surface area contributed by atoms with E-state index in [1.54, 1.807) is 24.3 Å². The van der Waals surface area contributed by atoms with Gasteiger partial charge in [0.25, 0.3) is 0 Å². The lowest BCUT2D eigenvalue weighted by Crippen LogP contribution is -2.21. The highest BCUT2D eigenvalue weighted by molar-refractivity contribution is 5.95. The maximum absolute atomic E-state index is 12.3. The fraction of sp³-hybridized carbons (Fsp3) is 0.440. The van der Waals surface area contributed by atoms with Crippen LogP contribution in [0.2, 0.25) is 0 Å². The van der Waals surface area contributed by atoms with Gasteiger partial charge in [0, 0.05) is 29.5 Å². The normalized spacial score (nSPS) is 10.4. The van der Waals surface area contributed by atoms with Crippen LogP contribution >= 0.6 is 0 Å². The Morgan fingerprint density at radius 1 is 0.774 bits per heavy atom. The molecule has 3 N–H and O–H groups in total. The molecule has 2 aromatic carbocycles. The van der Waals surface area contributed by atoms with Crippen molar-refractivity contribution in [2.24, 2.45) is 0 Å². The highest BCUT2D eigenvalue weighted by atomic mass is 16.5. The topological polar surface area (TPSA) is 79.5 Å². The van der Waals surface area contributed by atoms with E-state index in [9.17, 15) is 9.59 Å². The number of carbonyl (C=O) groups is 2. The van der Waals surface area contributed by atoms with Crippen molar-refractivity contribution in [2.45, 2.75) is 58.8 Å². The van der Waals surface area contributed by atoms with Crippen LogP contribution in [0, 0.1) is 0 Å². The van der Waals surface area contributed by atoms with Gasteiger partial charge in [-0.15, -0.1) is 0 Å². The predicted octanol–water partition coefficient (Wildman–Crippen LogP) is 5.83. The first-order valence-electron chi connectivity index (χ1n) is 11.3. The van der Waals surface area contributed by atoms with Crippen LogP contribution in [0.4, 0.5) is 17.1 Å². The summed E-state index contributed by atoms with van der Waals surface area (Å²) in [5, 5.41) is 8.80. The monoisotopic (exact) mass is 425 g/mol. The zero-order valence-electron chi connectivity index (χ0n) is 18.7. The molecular weight excluding hydrogens is 390 g/mol. The number of hydrogen-bond donors (Lipinski definition) is 3. The average Bonchev–Trinajstić information content (AvgIpc) is 2.75. The fourth-order valence-corrected chi connectivity index (χ4v) is 3.10. The molecule has 31 heavy (non-hydrogen) atoms. The second kappa shape index (κ2) is 14.1. The minimum Gasteiger partial charge on any atom is -0.494 e. The summed E-state index contributed by atoms with van der Waals surface area (Å²) in [6, 6.07) is 14.8. The molecule has 0 aromatic heterocycles. The Labute approximate surface area is 185 Å². The molecule has 0 saturated carbocycles. The smallest absolute Gasteiger partial charge is 0.243 e. The number of nitrogens with one attached hydrogen (secondary N) is 3. The summed E-state index contributed by atoms with van der Waals surface area (Å²) in [5.74, 6) is 0.603. The molecule has 6 nitrogen and oxygen atoms in total. The summed E-state index contributed by atoms with van der Waals surface area (Å²) in [4.78, 5) is 24.1. The van der Waals surface area contributed by atoms with E-state index in [0.717, 1.165) is 24.3 Å². The predicted molar refractivity (Wildman–Crippen MR) is 128 cm³/mol. The van der Waals surface area contributed by atoms with Crippen molar-refractivity contribution in [3.8, 4) is 5.75 Å². The number of rotatable bonds is 14. The van der Waals surface area contributed by atoms with Crippen LogP contribution in [0.25, 0.3) is 0 Å². The van der Waals surface area contributed by atoms with Crippen molar-refractivity contribution in [1.29, 1.82) is 0 Å². The van der Waals surface area contributed by atoms with E-state index < -0.39 is 0 Å². The summed E-state index contributed by atoms with van der Waals surface area (Å²) in [6.45, 7) is 5.01. The zero-order valence-corrected chi connectivity index (χ0v) is 18.7. The first-order valence-corrected chi connectivity index (χ1v) is 11.3. The van der Waals surface area contributed by atoms with Crippen LogP contribution in [-0.4, -0.2) is 25.0 Å². The highest BCUT2D eigenvalue weighted by Crippen LogP contribution is 2.18. The van der Waals surface area contributed by atoms with Gasteiger partial charge in [-0.05, 0) is 43.2 Å². The molecule has 2 rings (SSSR count). The summed E-state index contributed by atoms with van der Waals surface area (Å²) in [7, 11) is 0. The van der Waals surface area contributed by atoms with Crippen molar-refractivity contribution < 1.29 is 14.3 Å². The summed E-state index contributed by atoms with van der Waals surface area (Å²) in [6.07, 6.45) is 7.28. The van der Waals surface area contributed by atoms with E-state index in [0.29, 0.717) is 24.4 Å². The molecule has 0 unspecified atom stereocenters. The molecule has 0 aliphatic carbocycles. The molecule has 6 heteroatoms. The number of benzene rings is 2. The Kier molecular flexibility index (Phi) is 11.0. The van der Waals surface area contributed by atoms with Gasteiger partial charge < -0.3 is 20.7 Å². The molecule has 0 saturated heterocycles.